The third-order valence-electron chi connectivity index (χ3n) is 6.88. The van der Waals surface area contributed by atoms with Gasteiger partial charge in [-0.2, -0.15) is 0 Å². The number of hydrogen-bond donors (Lipinski definition) is 0. The number of amides is 2. The summed E-state index contributed by atoms with van der Waals surface area (Å²) < 4.78 is 10.5. The highest BCUT2D eigenvalue weighted by Crippen LogP contribution is 2.30. The molecule has 0 radical (unpaired) electrons. The highest BCUT2D eigenvalue weighted by molar-refractivity contribution is 6.34. The largest absolute Gasteiger partial charge is 0.454 e. The zero-order valence-corrected chi connectivity index (χ0v) is 22.6. The van der Waals surface area contributed by atoms with Gasteiger partial charge in [0.05, 0.1) is 27.9 Å². The van der Waals surface area contributed by atoms with Crippen molar-refractivity contribution in [3.8, 4) is 5.75 Å². The minimum atomic E-state index is -0.810. The highest BCUT2D eigenvalue weighted by atomic mass is 16.5. The summed E-state index contributed by atoms with van der Waals surface area (Å²) in [5, 5.41) is 0. The van der Waals surface area contributed by atoms with Gasteiger partial charge in [0.25, 0.3) is 11.8 Å². The number of imide groups is 1. The van der Waals surface area contributed by atoms with E-state index in [1.165, 1.54) is 42.5 Å². The van der Waals surface area contributed by atoms with Gasteiger partial charge in [-0.15, -0.1) is 0 Å². The Kier molecular flexibility index (Phi) is 7.31. The number of carbonyl (C=O) groups excluding carboxylic acids is 5. The molecular formula is C33H25NO7. The van der Waals surface area contributed by atoms with Crippen LogP contribution in [0.25, 0.3) is 0 Å². The SMILES string of the molecule is Cc1ccc(C(=O)Oc2ccc(C(=O)COC(=O)c3ccc4c(c3)C(=O)N(c3ccc(C)c(C)c3)C4=O)cc2)cc1. The summed E-state index contributed by atoms with van der Waals surface area (Å²) in [5.74, 6) is -2.56. The molecule has 1 aliphatic rings. The van der Waals surface area contributed by atoms with Gasteiger partial charge in [-0.25, -0.2) is 14.5 Å². The van der Waals surface area contributed by atoms with Crippen LogP contribution in [0.4, 0.5) is 5.69 Å². The molecule has 204 valence electrons. The monoisotopic (exact) mass is 547 g/mol. The van der Waals surface area contributed by atoms with Crippen molar-refractivity contribution in [1.82, 2.24) is 0 Å². The fraction of sp³-hybridized carbons (Fsp3) is 0.121. The number of carbonyl (C=O) groups is 5. The van der Waals surface area contributed by atoms with Gasteiger partial charge >= 0.3 is 11.9 Å². The second kappa shape index (κ2) is 11.0. The van der Waals surface area contributed by atoms with Gasteiger partial charge < -0.3 is 9.47 Å². The van der Waals surface area contributed by atoms with Crippen LogP contribution < -0.4 is 9.64 Å². The number of fused-ring (bicyclic) bond motifs is 1. The highest BCUT2D eigenvalue weighted by Gasteiger charge is 2.37. The maximum atomic E-state index is 13.1. The lowest BCUT2D eigenvalue weighted by Gasteiger charge is -2.15. The summed E-state index contributed by atoms with van der Waals surface area (Å²) in [7, 11) is 0. The van der Waals surface area contributed by atoms with Gasteiger partial charge in [-0.05, 0) is 98.6 Å². The van der Waals surface area contributed by atoms with Crippen LogP contribution in [-0.2, 0) is 4.74 Å². The zero-order chi connectivity index (χ0) is 29.3. The zero-order valence-electron chi connectivity index (χ0n) is 22.6. The number of anilines is 1. The van der Waals surface area contributed by atoms with Gasteiger partial charge in [0.15, 0.2) is 12.4 Å². The first kappa shape index (κ1) is 27.2. The van der Waals surface area contributed by atoms with Gasteiger partial charge in [-0.1, -0.05) is 23.8 Å². The van der Waals surface area contributed by atoms with Crippen LogP contribution in [0, 0.1) is 20.8 Å². The standard InChI is InChI=1S/C33H25NO7/c1-19-4-7-23(8-5-19)33(39)41-26-13-9-22(10-14-26)29(35)18-40-32(38)24-11-15-27-28(17-24)31(37)34(30(27)36)25-12-6-20(2)21(3)16-25/h4-17H,18H2,1-3H3. The fourth-order valence-electron chi connectivity index (χ4n) is 4.33. The lowest BCUT2D eigenvalue weighted by molar-refractivity contribution is 0.0474. The Labute approximate surface area is 236 Å². The van der Waals surface area contributed by atoms with E-state index in [1.807, 2.05) is 26.8 Å². The molecule has 5 rings (SSSR count). The van der Waals surface area contributed by atoms with Crippen LogP contribution in [0.3, 0.4) is 0 Å². The van der Waals surface area contributed by atoms with E-state index in [4.69, 9.17) is 9.47 Å². The maximum absolute atomic E-state index is 13.1. The van der Waals surface area contributed by atoms with Crippen LogP contribution in [0.15, 0.2) is 84.9 Å². The van der Waals surface area contributed by atoms with E-state index in [-0.39, 0.29) is 28.0 Å². The number of ether oxygens (including phenoxy) is 2. The quantitative estimate of drug-likeness (QED) is 0.127. The second-order valence-electron chi connectivity index (χ2n) is 9.75. The molecule has 1 aliphatic heterocycles. The molecule has 0 atom stereocenters. The number of nitrogens with zero attached hydrogens (tertiary/aromatic N) is 1. The molecule has 1 heterocycles. The number of rotatable bonds is 7. The molecule has 8 nitrogen and oxygen atoms in total. The Hall–Kier alpha value is -5.37. The smallest absolute Gasteiger partial charge is 0.343 e. The van der Waals surface area contributed by atoms with Crippen molar-refractivity contribution >= 4 is 35.2 Å². The third-order valence-corrected chi connectivity index (χ3v) is 6.88. The number of benzene rings is 4. The van der Waals surface area contributed by atoms with Crippen molar-refractivity contribution in [1.29, 1.82) is 0 Å². The van der Waals surface area contributed by atoms with E-state index in [1.54, 1.807) is 36.4 Å². The van der Waals surface area contributed by atoms with Crippen molar-refractivity contribution in [2.75, 3.05) is 11.5 Å². The Balaban J connectivity index is 1.21. The summed E-state index contributed by atoms with van der Waals surface area (Å²) in [6.07, 6.45) is 0. The maximum Gasteiger partial charge on any atom is 0.343 e. The molecule has 0 aliphatic carbocycles. The normalized spacial score (nSPS) is 12.2. The molecule has 4 aromatic rings. The van der Waals surface area contributed by atoms with Crippen molar-refractivity contribution in [2.24, 2.45) is 0 Å². The Morgan fingerprint density at radius 2 is 1.27 bits per heavy atom. The number of hydrogen-bond acceptors (Lipinski definition) is 7. The molecule has 0 fully saturated rings. The number of esters is 2. The number of aryl methyl sites for hydroxylation is 3. The lowest BCUT2D eigenvalue weighted by atomic mass is 10.1. The van der Waals surface area contributed by atoms with Crippen molar-refractivity contribution in [3.05, 3.63) is 129 Å². The van der Waals surface area contributed by atoms with Gasteiger partial charge in [0.2, 0.25) is 0 Å². The minimum absolute atomic E-state index is 0.0398. The molecule has 0 saturated carbocycles. The van der Waals surface area contributed by atoms with Gasteiger partial charge in [0, 0.05) is 5.56 Å². The topological polar surface area (TPSA) is 107 Å². The van der Waals surface area contributed by atoms with E-state index in [0.717, 1.165) is 21.6 Å². The Bertz CT molecular complexity index is 1720. The summed E-state index contributed by atoms with van der Waals surface area (Å²) in [6.45, 7) is 5.20. The predicted octanol–water partition coefficient (Wildman–Crippen LogP) is 5.67. The summed E-state index contributed by atoms with van der Waals surface area (Å²) in [4.78, 5) is 64.7. The molecule has 0 bridgehead atoms. The summed E-state index contributed by atoms with van der Waals surface area (Å²) in [5.41, 5.74) is 4.40. The van der Waals surface area contributed by atoms with E-state index in [9.17, 15) is 24.0 Å². The predicted molar refractivity (Wildman–Crippen MR) is 151 cm³/mol. The van der Waals surface area contributed by atoms with E-state index in [2.05, 4.69) is 0 Å². The Morgan fingerprint density at radius 3 is 1.95 bits per heavy atom. The average Bonchev–Trinajstić information content (AvgIpc) is 3.22. The molecular weight excluding hydrogens is 522 g/mol. The molecule has 0 unspecified atom stereocenters. The van der Waals surface area contributed by atoms with E-state index in [0.29, 0.717) is 11.3 Å². The minimum Gasteiger partial charge on any atom is -0.454 e. The van der Waals surface area contributed by atoms with Crippen LogP contribution in [0.5, 0.6) is 5.75 Å². The first-order chi connectivity index (χ1) is 19.6. The van der Waals surface area contributed by atoms with Crippen LogP contribution in [-0.4, -0.2) is 36.1 Å². The molecule has 41 heavy (non-hydrogen) atoms. The molecule has 8 heteroatoms. The van der Waals surface area contributed by atoms with Crippen LogP contribution in [0.1, 0.15) is 68.5 Å². The molecule has 4 aromatic carbocycles. The summed E-state index contributed by atoms with van der Waals surface area (Å²) in [6, 6.07) is 22.2. The molecule has 2 amide bonds. The summed E-state index contributed by atoms with van der Waals surface area (Å²) >= 11 is 0. The number of Topliss-reactive ketones (excluding diaryl/α,β-unsaturated/α-hetero) is 1. The van der Waals surface area contributed by atoms with Crippen molar-refractivity contribution in [3.63, 3.8) is 0 Å². The van der Waals surface area contributed by atoms with Crippen molar-refractivity contribution in [2.45, 2.75) is 20.8 Å². The lowest BCUT2D eigenvalue weighted by Crippen LogP contribution is -2.29. The van der Waals surface area contributed by atoms with Crippen LogP contribution >= 0.6 is 0 Å². The van der Waals surface area contributed by atoms with Crippen molar-refractivity contribution < 1.29 is 33.4 Å². The van der Waals surface area contributed by atoms with E-state index >= 15 is 0 Å². The van der Waals surface area contributed by atoms with Gasteiger partial charge in [-0.3, -0.25) is 14.4 Å². The molecule has 0 saturated heterocycles. The van der Waals surface area contributed by atoms with E-state index < -0.39 is 36.1 Å². The van der Waals surface area contributed by atoms with Crippen LogP contribution in [0.2, 0.25) is 0 Å². The molecule has 0 aromatic heterocycles. The first-order valence-electron chi connectivity index (χ1n) is 12.8. The average molecular weight is 548 g/mol. The van der Waals surface area contributed by atoms with Gasteiger partial charge in [0.1, 0.15) is 5.75 Å². The first-order valence-corrected chi connectivity index (χ1v) is 12.8. The fourth-order valence-corrected chi connectivity index (χ4v) is 4.33. The second-order valence-corrected chi connectivity index (χ2v) is 9.75. The number of ketones is 1. The molecule has 0 N–H and O–H groups in total. The molecule has 0 spiro atoms. The Morgan fingerprint density at radius 1 is 0.634 bits per heavy atom. The third kappa shape index (κ3) is 5.53.